The summed E-state index contributed by atoms with van der Waals surface area (Å²) in [7, 11) is 0. The largest absolute Gasteiger partial charge is 0.345 e. The van der Waals surface area contributed by atoms with Crippen LogP contribution in [-0.4, -0.2) is 27.8 Å². The normalized spacial score (nSPS) is 21.7. The standard InChI is InChI=1S/C15H17FN4O/c1-9-7-13(11-3-4-11)19-15(20(9)10(2)21)18-12-5-6-14(16)17-8-12/h5-8,11,15,18H,3-4H2,1-2H3. The first-order valence-electron chi connectivity index (χ1n) is 6.98. The van der Waals surface area contributed by atoms with Gasteiger partial charge in [-0.3, -0.25) is 9.69 Å². The van der Waals surface area contributed by atoms with Gasteiger partial charge in [0.15, 0.2) is 0 Å². The molecule has 2 heterocycles. The van der Waals surface area contributed by atoms with Gasteiger partial charge in [0.2, 0.25) is 18.1 Å². The van der Waals surface area contributed by atoms with E-state index >= 15 is 0 Å². The predicted octanol–water partition coefficient (Wildman–Crippen LogP) is 2.53. The highest BCUT2D eigenvalue weighted by Crippen LogP contribution is 2.34. The van der Waals surface area contributed by atoms with Gasteiger partial charge >= 0.3 is 0 Å². The van der Waals surface area contributed by atoms with E-state index in [1.807, 2.05) is 13.0 Å². The summed E-state index contributed by atoms with van der Waals surface area (Å²) in [6.45, 7) is 3.41. The second-order valence-electron chi connectivity index (χ2n) is 5.39. The average molecular weight is 288 g/mol. The number of hydrogen-bond acceptors (Lipinski definition) is 4. The third-order valence-corrected chi connectivity index (χ3v) is 3.61. The molecule has 0 radical (unpaired) electrons. The van der Waals surface area contributed by atoms with Gasteiger partial charge in [0.25, 0.3) is 0 Å². The van der Waals surface area contributed by atoms with Crippen LogP contribution in [-0.2, 0) is 4.79 Å². The zero-order valence-electron chi connectivity index (χ0n) is 12.0. The Bertz CT molecular complexity index is 619. The Morgan fingerprint density at radius 1 is 1.43 bits per heavy atom. The number of amides is 1. The lowest BCUT2D eigenvalue weighted by molar-refractivity contribution is -0.128. The summed E-state index contributed by atoms with van der Waals surface area (Å²) < 4.78 is 12.9. The zero-order chi connectivity index (χ0) is 15.0. The van der Waals surface area contributed by atoms with Crippen molar-refractivity contribution in [2.75, 3.05) is 5.32 Å². The van der Waals surface area contributed by atoms with Crippen LogP contribution < -0.4 is 5.32 Å². The van der Waals surface area contributed by atoms with E-state index in [2.05, 4.69) is 15.3 Å². The smallest absolute Gasteiger partial charge is 0.226 e. The maximum Gasteiger partial charge on any atom is 0.226 e. The minimum atomic E-state index is -0.536. The monoisotopic (exact) mass is 288 g/mol. The summed E-state index contributed by atoms with van der Waals surface area (Å²) >= 11 is 0. The Labute approximate surface area is 122 Å². The minimum absolute atomic E-state index is 0.0880. The Morgan fingerprint density at radius 3 is 2.76 bits per heavy atom. The fourth-order valence-electron chi connectivity index (χ4n) is 2.44. The molecule has 0 saturated heterocycles. The second kappa shape index (κ2) is 5.27. The van der Waals surface area contributed by atoms with Gasteiger partial charge in [-0.25, -0.2) is 9.98 Å². The number of pyridine rings is 1. The third kappa shape index (κ3) is 2.94. The summed E-state index contributed by atoms with van der Waals surface area (Å²) in [6.07, 6.45) is 5.16. The topological polar surface area (TPSA) is 57.6 Å². The Kier molecular flexibility index (Phi) is 3.45. The molecule has 1 amide bonds. The maximum atomic E-state index is 12.9. The molecule has 1 aromatic rings. The predicted molar refractivity (Wildman–Crippen MR) is 78.0 cm³/mol. The van der Waals surface area contributed by atoms with Crippen molar-refractivity contribution in [2.45, 2.75) is 33.0 Å². The summed E-state index contributed by atoms with van der Waals surface area (Å²) in [5, 5.41) is 3.13. The van der Waals surface area contributed by atoms with E-state index in [0.29, 0.717) is 11.6 Å². The molecule has 0 aromatic carbocycles. The molecule has 1 fully saturated rings. The van der Waals surface area contributed by atoms with Crippen LogP contribution >= 0.6 is 0 Å². The van der Waals surface area contributed by atoms with Crippen molar-refractivity contribution < 1.29 is 9.18 Å². The number of nitrogens with zero attached hydrogens (tertiary/aromatic N) is 3. The number of nitrogens with one attached hydrogen (secondary N) is 1. The Hall–Kier alpha value is -2.24. The van der Waals surface area contributed by atoms with Crippen molar-refractivity contribution in [3.63, 3.8) is 0 Å². The van der Waals surface area contributed by atoms with Crippen molar-refractivity contribution in [3.05, 3.63) is 36.1 Å². The molecule has 1 aliphatic heterocycles. The Morgan fingerprint density at radius 2 is 2.19 bits per heavy atom. The molecule has 5 nitrogen and oxygen atoms in total. The molecule has 21 heavy (non-hydrogen) atoms. The number of rotatable bonds is 3. The summed E-state index contributed by atoms with van der Waals surface area (Å²) in [5.74, 6) is -0.120. The minimum Gasteiger partial charge on any atom is -0.345 e. The molecular weight excluding hydrogens is 271 g/mol. The number of halogens is 1. The van der Waals surface area contributed by atoms with Crippen LogP contribution in [0.5, 0.6) is 0 Å². The summed E-state index contributed by atoms with van der Waals surface area (Å²) in [4.78, 5) is 21.7. The van der Waals surface area contributed by atoms with Crippen LogP contribution in [0.2, 0.25) is 0 Å². The quantitative estimate of drug-likeness (QED) is 0.870. The molecule has 1 aliphatic carbocycles. The molecule has 110 valence electrons. The fourth-order valence-corrected chi connectivity index (χ4v) is 2.44. The molecular formula is C15H17FN4O. The summed E-state index contributed by atoms with van der Waals surface area (Å²) in [5.41, 5.74) is 2.52. The third-order valence-electron chi connectivity index (χ3n) is 3.61. The van der Waals surface area contributed by atoms with E-state index in [1.54, 1.807) is 11.0 Å². The van der Waals surface area contributed by atoms with Gasteiger partial charge in [-0.2, -0.15) is 4.39 Å². The molecule has 1 aromatic heterocycles. The lowest BCUT2D eigenvalue weighted by Crippen LogP contribution is -2.44. The van der Waals surface area contributed by atoms with Crippen molar-refractivity contribution in [2.24, 2.45) is 10.9 Å². The van der Waals surface area contributed by atoms with Crippen LogP contribution in [0.15, 0.2) is 35.1 Å². The van der Waals surface area contributed by atoms with E-state index in [-0.39, 0.29) is 5.91 Å². The van der Waals surface area contributed by atoms with Crippen molar-refractivity contribution in [1.29, 1.82) is 0 Å². The number of hydrogen-bond donors (Lipinski definition) is 1. The summed E-state index contributed by atoms with van der Waals surface area (Å²) in [6, 6.07) is 2.86. The number of allylic oxidation sites excluding steroid dienone is 2. The van der Waals surface area contributed by atoms with Crippen molar-refractivity contribution >= 4 is 17.3 Å². The lowest BCUT2D eigenvalue weighted by Gasteiger charge is -2.33. The highest BCUT2D eigenvalue weighted by atomic mass is 19.1. The van der Waals surface area contributed by atoms with Gasteiger partial charge in [-0.05, 0) is 38.0 Å². The van der Waals surface area contributed by atoms with Crippen LogP contribution in [0.25, 0.3) is 0 Å². The van der Waals surface area contributed by atoms with Crippen molar-refractivity contribution in [1.82, 2.24) is 9.88 Å². The number of carbonyl (C=O) groups is 1. The molecule has 2 aliphatic rings. The average Bonchev–Trinajstić information content (AvgIpc) is 3.24. The van der Waals surface area contributed by atoms with Gasteiger partial charge < -0.3 is 5.32 Å². The van der Waals surface area contributed by atoms with Crippen LogP contribution in [0, 0.1) is 11.9 Å². The SMILES string of the molecule is CC(=O)N1C(C)=CC(C2CC2)=NC1Nc1ccc(F)nc1. The first-order valence-corrected chi connectivity index (χ1v) is 6.98. The molecule has 6 heteroatoms. The first kappa shape index (κ1) is 13.7. The molecule has 1 atom stereocenters. The zero-order valence-corrected chi connectivity index (χ0v) is 12.0. The molecule has 1 unspecified atom stereocenters. The van der Waals surface area contributed by atoms with E-state index in [9.17, 15) is 9.18 Å². The van der Waals surface area contributed by atoms with E-state index < -0.39 is 12.2 Å². The lowest BCUT2D eigenvalue weighted by atomic mass is 10.1. The number of carbonyl (C=O) groups excluding carboxylic acids is 1. The first-order chi connectivity index (χ1) is 10.0. The molecule has 3 rings (SSSR count). The van der Waals surface area contributed by atoms with Gasteiger partial charge in [0, 0.05) is 24.3 Å². The number of anilines is 1. The van der Waals surface area contributed by atoms with Gasteiger partial charge in [-0.15, -0.1) is 0 Å². The fraction of sp³-hybridized carbons (Fsp3) is 0.400. The Balaban J connectivity index is 1.86. The highest BCUT2D eigenvalue weighted by molar-refractivity contribution is 6.00. The van der Waals surface area contributed by atoms with Crippen molar-refractivity contribution in [3.8, 4) is 0 Å². The van der Waals surface area contributed by atoms with Gasteiger partial charge in [-0.1, -0.05) is 0 Å². The van der Waals surface area contributed by atoms with Gasteiger partial charge in [0.05, 0.1) is 11.9 Å². The molecule has 1 saturated carbocycles. The highest BCUT2D eigenvalue weighted by Gasteiger charge is 2.33. The number of aromatic nitrogens is 1. The molecule has 1 N–H and O–H groups in total. The second-order valence-corrected chi connectivity index (χ2v) is 5.39. The van der Waals surface area contributed by atoms with E-state index in [1.165, 1.54) is 19.2 Å². The number of aliphatic imine (C=N–C) groups is 1. The van der Waals surface area contributed by atoms with Crippen LogP contribution in [0.3, 0.4) is 0 Å². The van der Waals surface area contributed by atoms with Crippen LogP contribution in [0.4, 0.5) is 10.1 Å². The van der Waals surface area contributed by atoms with Crippen LogP contribution in [0.1, 0.15) is 26.7 Å². The van der Waals surface area contributed by atoms with E-state index in [4.69, 9.17) is 0 Å². The van der Waals surface area contributed by atoms with E-state index in [0.717, 1.165) is 24.3 Å². The maximum absolute atomic E-state index is 12.9. The molecule has 0 bridgehead atoms. The van der Waals surface area contributed by atoms with Gasteiger partial charge in [0.1, 0.15) is 0 Å². The molecule has 0 spiro atoms.